The molecule has 0 atom stereocenters. The maximum atomic E-state index is 10.9. The Bertz CT molecular complexity index is 674. The van der Waals surface area contributed by atoms with Crippen molar-refractivity contribution in [2.24, 2.45) is 0 Å². The Morgan fingerprint density at radius 1 is 1.35 bits per heavy atom. The molecule has 2 aromatic rings. The summed E-state index contributed by atoms with van der Waals surface area (Å²) in [6.07, 6.45) is 2.02. The molecule has 0 aliphatic carbocycles. The van der Waals surface area contributed by atoms with Crippen LogP contribution < -0.4 is 4.74 Å². The van der Waals surface area contributed by atoms with Crippen molar-refractivity contribution in [2.45, 2.75) is 0 Å². The number of carboxylic acids is 1. The molecule has 0 fully saturated rings. The first-order chi connectivity index (χ1) is 9.47. The fourth-order valence-electron chi connectivity index (χ4n) is 1.27. The Balaban J connectivity index is 2.27. The number of rotatable bonds is 4. The molecule has 1 heterocycles. The smallest absolute Gasteiger partial charge is 0.335 e. The normalized spacial score (nSPS) is 10.1. The lowest BCUT2D eigenvalue weighted by atomic mass is 10.2. The van der Waals surface area contributed by atoms with Crippen LogP contribution in [0.1, 0.15) is 10.4 Å². The highest BCUT2D eigenvalue weighted by Gasteiger charge is 2.12. The van der Waals surface area contributed by atoms with Gasteiger partial charge in [0, 0.05) is 0 Å². The summed E-state index contributed by atoms with van der Waals surface area (Å²) in [7, 11) is 0. The van der Waals surface area contributed by atoms with E-state index in [9.17, 15) is 14.9 Å². The SMILES string of the molecule is O=C(O)c1ccc(I)c(Oc2ncc([N+](=O)[O-])cn2)c1. The molecular weight excluding hydrogens is 381 g/mol. The number of nitro groups is 1. The first-order valence-electron chi connectivity index (χ1n) is 5.14. The topological polar surface area (TPSA) is 115 Å². The highest BCUT2D eigenvalue weighted by atomic mass is 127. The van der Waals surface area contributed by atoms with Crippen molar-refractivity contribution < 1.29 is 19.6 Å². The standard InChI is InChI=1S/C11H6IN3O5/c12-8-2-1-6(10(16)17)3-9(8)20-11-13-4-7(5-14-11)15(18)19/h1-5H,(H,16,17). The number of aromatic nitrogens is 2. The predicted molar refractivity (Wildman–Crippen MR) is 74.9 cm³/mol. The van der Waals surface area contributed by atoms with E-state index < -0.39 is 10.9 Å². The highest BCUT2D eigenvalue weighted by Crippen LogP contribution is 2.26. The van der Waals surface area contributed by atoms with Crippen molar-refractivity contribution >= 4 is 34.2 Å². The highest BCUT2D eigenvalue weighted by molar-refractivity contribution is 14.1. The zero-order chi connectivity index (χ0) is 14.7. The van der Waals surface area contributed by atoms with Gasteiger partial charge in [0.05, 0.1) is 14.1 Å². The van der Waals surface area contributed by atoms with E-state index in [-0.39, 0.29) is 23.0 Å². The van der Waals surface area contributed by atoms with E-state index in [0.29, 0.717) is 3.57 Å². The molecule has 0 aliphatic rings. The molecule has 0 spiro atoms. The molecular formula is C11H6IN3O5. The van der Waals surface area contributed by atoms with Crippen LogP contribution in [0, 0.1) is 13.7 Å². The Labute approximate surface area is 125 Å². The molecule has 1 aromatic carbocycles. The molecule has 0 saturated heterocycles. The van der Waals surface area contributed by atoms with Crippen molar-refractivity contribution in [3.63, 3.8) is 0 Å². The van der Waals surface area contributed by atoms with Crippen LogP contribution in [0.2, 0.25) is 0 Å². The van der Waals surface area contributed by atoms with Gasteiger partial charge in [-0.05, 0) is 40.8 Å². The summed E-state index contributed by atoms with van der Waals surface area (Å²) in [5.41, 5.74) is -0.200. The van der Waals surface area contributed by atoms with E-state index in [2.05, 4.69) is 9.97 Å². The number of carboxylic acid groups (broad SMARTS) is 1. The zero-order valence-electron chi connectivity index (χ0n) is 9.69. The zero-order valence-corrected chi connectivity index (χ0v) is 11.8. The second-order valence-electron chi connectivity index (χ2n) is 3.53. The molecule has 2 rings (SSSR count). The van der Waals surface area contributed by atoms with Crippen LogP contribution in [0.3, 0.4) is 0 Å². The summed E-state index contributed by atoms with van der Waals surface area (Å²) in [5, 5.41) is 19.4. The number of hydrogen-bond donors (Lipinski definition) is 1. The number of halogens is 1. The van der Waals surface area contributed by atoms with Crippen molar-refractivity contribution in [3.8, 4) is 11.8 Å². The van der Waals surface area contributed by atoms with Gasteiger partial charge < -0.3 is 9.84 Å². The average Bonchev–Trinajstić information content (AvgIpc) is 2.41. The van der Waals surface area contributed by atoms with E-state index in [1.807, 2.05) is 22.6 Å². The second kappa shape index (κ2) is 5.77. The lowest BCUT2D eigenvalue weighted by Gasteiger charge is -2.06. The fraction of sp³-hybridized carbons (Fsp3) is 0. The first-order valence-corrected chi connectivity index (χ1v) is 6.22. The molecule has 1 aromatic heterocycles. The van der Waals surface area contributed by atoms with E-state index in [1.54, 1.807) is 6.07 Å². The summed E-state index contributed by atoms with van der Waals surface area (Å²) in [6, 6.07) is 4.24. The number of carbonyl (C=O) groups is 1. The summed E-state index contributed by atoms with van der Waals surface area (Å²) in [6.45, 7) is 0. The third-order valence-electron chi connectivity index (χ3n) is 2.20. The predicted octanol–water partition coefficient (Wildman–Crippen LogP) is 2.48. The van der Waals surface area contributed by atoms with Crippen LogP contribution in [0.25, 0.3) is 0 Å². The number of hydrogen-bond acceptors (Lipinski definition) is 6. The van der Waals surface area contributed by atoms with Gasteiger partial charge in [0.15, 0.2) is 0 Å². The van der Waals surface area contributed by atoms with Crippen LogP contribution in [0.15, 0.2) is 30.6 Å². The van der Waals surface area contributed by atoms with E-state index in [4.69, 9.17) is 9.84 Å². The van der Waals surface area contributed by atoms with E-state index in [0.717, 1.165) is 12.4 Å². The third kappa shape index (κ3) is 3.17. The van der Waals surface area contributed by atoms with E-state index >= 15 is 0 Å². The maximum absolute atomic E-state index is 10.9. The van der Waals surface area contributed by atoms with E-state index in [1.165, 1.54) is 12.1 Å². The van der Waals surface area contributed by atoms with Gasteiger partial charge in [0.2, 0.25) is 0 Å². The molecule has 0 amide bonds. The molecule has 20 heavy (non-hydrogen) atoms. The number of aromatic carboxylic acids is 1. The average molecular weight is 387 g/mol. The van der Waals surface area contributed by atoms with Gasteiger partial charge in [-0.2, -0.15) is 9.97 Å². The van der Waals surface area contributed by atoms with Crippen LogP contribution in [-0.4, -0.2) is 26.0 Å². The molecule has 0 bridgehead atoms. The molecule has 102 valence electrons. The van der Waals surface area contributed by atoms with Crippen LogP contribution in [0.5, 0.6) is 11.8 Å². The molecule has 0 aliphatic heterocycles. The van der Waals surface area contributed by atoms with Crippen molar-refractivity contribution in [3.05, 3.63) is 49.8 Å². The van der Waals surface area contributed by atoms with Crippen molar-refractivity contribution in [1.82, 2.24) is 9.97 Å². The van der Waals surface area contributed by atoms with Crippen LogP contribution in [0.4, 0.5) is 5.69 Å². The molecule has 0 radical (unpaired) electrons. The molecule has 0 saturated carbocycles. The van der Waals surface area contributed by atoms with Crippen molar-refractivity contribution in [1.29, 1.82) is 0 Å². The summed E-state index contributed by atoms with van der Waals surface area (Å²) in [4.78, 5) is 28.1. The second-order valence-corrected chi connectivity index (χ2v) is 4.70. The molecule has 8 nitrogen and oxygen atoms in total. The lowest BCUT2D eigenvalue weighted by Crippen LogP contribution is -1.99. The van der Waals surface area contributed by atoms with Gasteiger partial charge in [-0.3, -0.25) is 10.1 Å². The number of nitrogens with zero attached hydrogens (tertiary/aromatic N) is 3. The van der Waals surface area contributed by atoms with Crippen LogP contribution >= 0.6 is 22.6 Å². The maximum Gasteiger partial charge on any atom is 0.335 e. The monoisotopic (exact) mass is 387 g/mol. The number of benzene rings is 1. The van der Waals surface area contributed by atoms with Gasteiger partial charge in [0.25, 0.3) is 0 Å². The van der Waals surface area contributed by atoms with Gasteiger partial charge in [-0.15, -0.1) is 0 Å². The van der Waals surface area contributed by atoms with Gasteiger partial charge in [0.1, 0.15) is 18.1 Å². The van der Waals surface area contributed by atoms with Crippen LogP contribution in [-0.2, 0) is 0 Å². The summed E-state index contributed by atoms with van der Waals surface area (Å²) < 4.78 is 5.98. The Morgan fingerprint density at radius 2 is 2.00 bits per heavy atom. The van der Waals surface area contributed by atoms with Gasteiger partial charge in [-0.25, -0.2) is 4.79 Å². The third-order valence-corrected chi connectivity index (χ3v) is 3.10. The van der Waals surface area contributed by atoms with Gasteiger partial charge >= 0.3 is 17.7 Å². The minimum Gasteiger partial charge on any atom is -0.478 e. The lowest BCUT2D eigenvalue weighted by molar-refractivity contribution is -0.385. The minimum atomic E-state index is -1.09. The fourth-order valence-corrected chi connectivity index (χ4v) is 1.71. The Morgan fingerprint density at radius 3 is 2.55 bits per heavy atom. The molecule has 0 unspecified atom stereocenters. The largest absolute Gasteiger partial charge is 0.478 e. The van der Waals surface area contributed by atoms with Gasteiger partial charge in [-0.1, -0.05) is 0 Å². The summed E-state index contributed by atoms with van der Waals surface area (Å²) in [5.74, 6) is -0.824. The van der Waals surface area contributed by atoms with Crippen molar-refractivity contribution in [2.75, 3.05) is 0 Å². The minimum absolute atomic E-state index is 0.0577. The quantitative estimate of drug-likeness (QED) is 0.487. The first kappa shape index (κ1) is 14.1. The number of ether oxygens (including phenoxy) is 1. The Hall–Kier alpha value is -2.30. The molecule has 1 N–H and O–H groups in total. The molecule has 9 heteroatoms. The Kier molecular flexibility index (Phi) is 4.08. The summed E-state index contributed by atoms with van der Waals surface area (Å²) >= 11 is 1.96.